The van der Waals surface area contributed by atoms with E-state index in [9.17, 15) is 0 Å². The van der Waals surface area contributed by atoms with Crippen LogP contribution in [0.3, 0.4) is 0 Å². The van der Waals surface area contributed by atoms with E-state index in [1.807, 2.05) is 36.4 Å². The fraction of sp³-hybridized carbons (Fsp3) is 0.174. The van der Waals surface area contributed by atoms with Crippen LogP contribution in [0.4, 0.5) is 0 Å². The minimum absolute atomic E-state index is 0.133. The molecular weight excluding hydrogens is 336 g/mol. The first-order chi connectivity index (χ1) is 13.3. The maximum absolute atomic E-state index is 8.90. The lowest BCUT2D eigenvalue weighted by Gasteiger charge is -2.05. The van der Waals surface area contributed by atoms with Gasteiger partial charge in [0.1, 0.15) is 5.52 Å². The van der Waals surface area contributed by atoms with Gasteiger partial charge in [0.15, 0.2) is 5.58 Å². The second-order valence-electron chi connectivity index (χ2n) is 6.57. The molecule has 0 saturated heterocycles. The maximum Gasteiger partial charge on any atom is 0.227 e. The van der Waals surface area contributed by atoms with Gasteiger partial charge < -0.3 is 14.8 Å². The molecular formula is C23H22N2O2. The van der Waals surface area contributed by atoms with E-state index in [4.69, 9.17) is 9.52 Å². The topological polar surface area (TPSA) is 58.3 Å². The first kappa shape index (κ1) is 17.5. The smallest absolute Gasteiger partial charge is 0.227 e. The van der Waals surface area contributed by atoms with Gasteiger partial charge in [-0.1, -0.05) is 48.5 Å². The highest BCUT2D eigenvalue weighted by Crippen LogP contribution is 2.32. The summed E-state index contributed by atoms with van der Waals surface area (Å²) in [6.45, 7) is 3.49. The number of hydrogen-bond acceptors (Lipinski definition) is 4. The predicted molar refractivity (Wildman–Crippen MR) is 108 cm³/mol. The van der Waals surface area contributed by atoms with E-state index in [2.05, 4.69) is 47.6 Å². The molecule has 0 spiro atoms. The van der Waals surface area contributed by atoms with Gasteiger partial charge in [0.25, 0.3) is 0 Å². The summed E-state index contributed by atoms with van der Waals surface area (Å²) in [7, 11) is 0. The van der Waals surface area contributed by atoms with Crippen LogP contribution in [-0.2, 0) is 6.54 Å². The Balaban J connectivity index is 1.70. The summed E-state index contributed by atoms with van der Waals surface area (Å²) in [5, 5.41) is 12.1. The van der Waals surface area contributed by atoms with Crippen molar-refractivity contribution in [3.8, 4) is 22.6 Å². The lowest BCUT2D eigenvalue weighted by atomic mass is 10.00. The zero-order valence-electron chi connectivity index (χ0n) is 15.3. The SMILES string of the molecule is Cc1c(-c2ccccc2)ccc2nc(-c3cccc(CNCCO)c3)oc12. The molecule has 0 fully saturated rings. The lowest BCUT2D eigenvalue weighted by Crippen LogP contribution is -2.17. The molecule has 4 aromatic rings. The van der Waals surface area contributed by atoms with Gasteiger partial charge in [0.2, 0.25) is 5.89 Å². The van der Waals surface area contributed by atoms with E-state index >= 15 is 0 Å². The zero-order chi connectivity index (χ0) is 18.6. The Kier molecular flexibility index (Phi) is 5.01. The number of aryl methyl sites for hydroxylation is 1. The van der Waals surface area contributed by atoms with Crippen LogP contribution in [0, 0.1) is 6.92 Å². The number of fused-ring (bicyclic) bond motifs is 1. The summed E-state index contributed by atoms with van der Waals surface area (Å²) in [6.07, 6.45) is 0. The lowest BCUT2D eigenvalue weighted by molar-refractivity contribution is 0.292. The monoisotopic (exact) mass is 358 g/mol. The van der Waals surface area contributed by atoms with Crippen molar-refractivity contribution in [2.45, 2.75) is 13.5 Å². The average Bonchev–Trinajstić information content (AvgIpc) is 3.15. The Hall–Kier alpha value is -2.95. The number of benzene rings is 3. The minimum Gasteiger partial charge on any atom is -0.436 e. The van der Waals surface area contributed by atoms with Crippen molar-refractivity contribution in [2.75, 3.05) is 13.2 Å². The predicted octanol–water partition coefficient (Wildman–Crippen LogP) is 4.55. The van der Waals surface area contributed by atoms with Crippen molar-refractivity contribution in [3.05, 3.63) is 77.9 Å². The normalized spacial score (nSPS) is 11.2. The minimum atomic E-state index is 0.133. The van der Waals surface area contributed by atoms with Gasteiger partial charge in [-0.15, -0.1) is 0 Å². The van der Waals surface area contributed by atoms with Crippen LogP contribution >= 0.6 is 0 Å². The highest BCUT2D eigenvalue weighted by molar-refractivity contribution is 5.86. The summed E-state index contributed by atoms with van der Waals surface area (Å²) in [5.74, 6) is 0.627. The summed E-state index contributed by atoms with van der Waals surface area (Å²) in [6, 6.07) is 22.6. The van der Waals surface area contributed by atoms with Crippen LogP contribution in [0.25, 0.3) is 33.7 Å². The summed E-state index contributed by atoms with van der Waals surface area (Å²) in [5.41, 5.74) is 7.21. The maximum atomic E-state index is 8.90. The first-order valence-electron chi connectivity index (χ1n) is 9.13. The average molecular weight is 358 g/mol. The number of oxazole rings is 1. The number of nitrogens with zero attached hydrogens (tertiary/aromatic N) is 1. The third kappa shape index (κ3) is 3.63. The first-order valence-corrected chi connectivity index (χ1v) is 9.13. The number of hydrogen-bond donors (Lipinski definition) is 2. The van der Waals surface area contributed by atoms with Crippen molar-refractivity contribution >= 4 is 11.1 Å². The molecule has 4 rings (SSSR count). The quantitative estimate of drug-likeness (QED) is 0.496. The Bertz CT molecular complexity index is 1050. The number of nitrogens with one attached hydrogen (secondary N) is 1. The molecule has 27 heavy (non-hydrogen) atoms. The Labute approximate surface area is 158 Å². The standard InChI is InChI=1S/C23H22N2O2/c1-16-20(18-7-3-2-4-8-18)10-11-21-22(16)27-23(25-21)19-9-5-6-17(14-19)15-24-12-13-26/h2-11,14,24,26H,12-13,15H2,1H3. The van der Waals surface area contributed by atoms with Crippen molar-refractivity contribution in [1.29, 1.82) is 0 Å². The summed E-state index contributed by atoms with van der Waals surface area (Å²) >= 11 is 0. The van der Waals surface area contributed by atoms with E-state index in [0.29, 0.717) is 19.0 Å². The van der Waals surface area contributed by atoms with E-state index in [1.54, 1.807) is 0 Å². The van der Waals surface area contributed by atoms with Crippen molar-refractivity contribution < 1.29 is 9.52 Å². The molecule has 0 aliphatic carbocycles. The molecule has 3 aromatic carbocycles. The van der Waals surface area contributed by atoms with Crippen LogP contribution < -0.4 is 5.32 Å². The fourth-order valence-electron chi connectivity index (χ4n) is 3.30. The second-order valence-corrected chi connectivity index (χ2v) is 6.57. The molecule has 4 nitrogen and oxygen atoms in total. The number of aliphatic hydroxyl groups excluding tert-OH is 1. The van der Waals surface area contributed by atoms with E-state index in [-0.39, 0.29) is 6.61 Å². The van der Waals surface area contributed by atoms with Crippen LogP contribution in [-0.4, -0.2) is 23.2 Å². The molecule has 0 saturated carbocycles. The number of aromatic nitrogens is 1. The second kappa shape index (κ2) is 7.74. The molecule has 4 heteroatoms. The molecule has 1 aromatic heterocycles. The molecule has 0 atom stereocenters. The summed E-state index contributed by atoms with van der Waals surface area (Å²) in [4.78, 5) is 4.69. The van der Waals surface area contributed by atoms with E-state index in [1.165, 1.54) is 5.56 Å². The van der Waals surface area contributed by atoms with Crippen molar-refractivity contribution in [3.63, 3.8) is 0 Å². The fourth-order valence-corrected chi connectivity index (χ4v) is 3.30. The van der Waals surface area contributed by atoms with Gasteiger partial charge >= 0.3 is 0 Å². The molecule has 0 amide bonds. The van der Waals surface area contributed by atoms with E-state index < -0.39 is 0 Å². The highest BCUT2D eigenvalue weighted by atomic mass is 16.3. The molecule has 136 valence electrons. The van der Waals surface area contributed by atoms with Crippen LogP contribution in [0.15, 0.2) is 71.1 Å². The van der Waals surface area contributed by atoms with Gasteiger partial charge in [-0.05, 0) is 41.8 Å². The Morgan fingerprint density at radius 1 is 0.963 bits per heavy atom. The third-order valence-corrected chi connectivity index (χ3v) is 4.68. The molecule has 0 aliphatic heterocycles. The van der Waals surface area contributed by atoms with E-state index in [0.717, 1.165) is 33.4 Å². The summed E-state index contributed by atoms with van der Waals surface area (Å²) < 4.78 is 6.16. The Morgan fingerprint density at radius 3 is 2.59 bits per heavy atom. The molecule has 0 bridgehead atoms. The van der Waals surface area contributed by atoms with Gasteiger partial charge in [-0.25, -0.2) is 4.98 Å². The number of aliphatic hydroxyl groups is 1. The molecule has 0 aliphatic rings. The van der Waals surface area contributed by atoms with Gasteiger partial charge in [-0.3, -0.25) is 0 Å². The molecule has 2 N–H and O–H groups in total. The van der Waals surface area contributed by atoms with Crippen LogP contribution in [0.2, 0.25) is 0 Å². The number of rotatable bonds is 6. The van der Waals surface area contributed by atoms with Gasteiger partial charge in [-0.2, -0.15) is 0 Å². The van der Waals surface area contributed by atoms with Gasteiger partial charge in [0, 0.05) is 24.2 Å². The van der Waals surface area contributed by atoms with Crippen LogP contribution in [0.5, 0.6) is 0 Å². The highest BCUT2D eigenvalue weighted by Gasteiger charge is 2.13. The van der Waals surface area contributed by atoms with Crippen LogP contribution in [0.1, 0.15) is 11.1 Å². The van der Waals surface area contributed by atoms with Gasteiger partial charge in [0.05, 0.1) is 6.61 Å². The largest absolute Gasteiger partial charge is 0.436 e. The third-order valence-electron chi connectivity index (χ3n) is 4.68. The van der Waals surface area contributed by atoms with Crippen molar-refractivity contribution in [1.82, 2.24) is 10.3 Å². The molecule has 0 radical (unpaired) electrons. The zero-order valence-corrected chi connectivity index (χ0v) is 15.3. The molecule has 1 heterocycles. The Morgan fingerprint density at radius 2 is 1.78 bits per heavy atom. The molecule has 0 unspecified atom stereocenters. The van der Waals surface area contributed by atoms with Crippen molar-refractivity contribution in [2.24, 2.45) is 0 Å².